The Morgan fingerprint density at radius 3 is 1.34 bits per heavy atom. The number of allylic oxidation sites excluding steroid dienone is 2. The van der Waals surface area contributed by atoms with E-state index in [-0.39, 0.29) is 84.3 Å². The summed E-state index contributed by atoms with van der Waals surface area (Å²) in [5.74, 6) is -9.22. The molecule has 71 heavy (non-hydrogen) atoms. The Balaban J connectivity index is 0.987. The van der Waals surface area contributed by atoms with E-state index in [4.69, 9.17) is 14.2 Å². The van der Waals surface area contributed by atoms with Crippen molar-refractivity contribution in [2.75, 3.05) is 0 Å². The molecule has 0 radical (unpaired) electrons. The summed E-state index contributed by atoms with van der Waals surface area (Å²) >= 11 is 3.37. The molecule has 4 heterocycles. The molecule has 9 nitrogen and oxygen atoms in total. The van der Waals surface area contributed by atoms with Crippen LogP contribution in [0, 0.1) is 23.3 Å². The van der Waals surface area contributed by atoms with Crippen LogP contribution < -0.4 is 4.74 Å². The first kappa shape index (κ1) is 44.1. The summed E-state index contributed by atoms with van der Waals surface area (Å²) in [7, 11) is 0. The molecule has 1 aliphatic heterocycles. The summed E-state index contributed by atoms with van der Waals surface area (Å²) in [5, 5.41) is 0.896. The van der Waals surface area contributed by atoms with Gasteiger partial charge in [-0.15, -0.1) is 34.0 Å². The van der Waals surface area contributed by atoms with Gasteiger partial charge in [-0.25, -0.2) is 27.2 Å². The van der Waals surface area contributed by atoms with Crippen molar-refractivity contribution in [1.29, 1.82) is 0 Å². The average Bonchev–Trinajstić information content (AvgIpc) is 4.16. The van der Waals surface area contributed by atoms with Crippen LogP contribution in [0.5, 0.6) is 5.75 Å². The number of hydrogen-bond donors (Lipinski definition) is 0. The van der Waals surface area contributed by atoms with Crippen molar-refractivity contribution in [2.24, 2.45) is 0 Å². The predicted octanol–water partition coefficient (Wildman–Crippen LogP) is 12.6. The molecule has 0 N–H and O–H groups in total. The van der Waals surface area contributed by atoms with Crippen LogP contribution in [0.25, 0.3) is 52.9 Å². The molecule has 0 fully saturated rings. The highest BCUT2D eigenvalue weighted by atomic mass is 32.1. The van der Waals surface area contributed by atoms with Gasteiger partial charge in [-0.05, 0) is 105 Å². The third kappa shape index (κ3) is 7.08. The number of hydrogen-bond acceptors (Lipinski definition) is 12. The largest absolute Gasteiger partial charge is 0.457 e. The number of thiophene rings is 3. The number of benzene rings is 6. The Morgan fingerprint density at radius 1 is 0.507 bits per heavy atom. The molecule has 16 heteroatoms. The van der Waals surface area contributed by atoms with E-state index in [0.29, 0.717) is 35.2 Å². The van der Waals surface area contributed by atoms with Gasteiger partial charge in [0.15, 0.2) is 52.2 Å². The first-order valence-electron chi connectivity index (χ1n) is 21.6. The minimum absolute atomic E-state index is 0.00776. The van der Waals surface area contributed by atoms with Crippen molar-refractivity contribution in [2.45, 2.75) is 18.8 Å². The van der Waals surface area contributed by atoms with E-state index < -0.39 is 63.9 Å². The van der Waals surface area contributed by atoms with Gasteiger partial charge in [-0.3, -0.25) is 19.2 Å². The smallest absolute Gasteiger partial charge is 0.367 e. The summed E-state index contributed by atoms with van der Waals surface area (Å²) < 4.78 is 76.3. The summed E-state index contributed by atoms with van der Waals surface area (Å²) in [6.45, 7) is -0.549. The quantitative estimate of drug-likeness (QED) is 0.0480. The monoisotopic (exact) mass is 1000 g/mol. The van der Waals surface area contributed by atoms with E-state index in [2.05, 4.69) is 0 Å². The van der Waals surface area contributed by atoms with E-state index in [0.717, 1.165) is 46.9 Å². The van der Waals surface area contributed by atoms with Gasteiger partial charge in [-0.1, -0.05) is 60.7 Å². The van der Waals surface area contributed by atoms with Crippen molar-refractivity contribution in [3.63, 3.8) is 0 Å². The predicted molar refractivity (Wildman–Crippen MR) is 259 cm³/mol. The molecule has 346 valence electrons. The zero-order valence-corrected chi connectivity index (χ0v) is 38.5. The lowest BCUT2D eigenvalue weighted by molar-refractivity contribution is -0.183. The molecule has 6 aromatic carbocycles. The van der Waals surface area contributed by atoms with Crippen LogP contribution in [0.2, 0.25) is 0 Å². The fourth-order valence-corrected chi connectivity index (χ4v) is 12.8. The molecule has 0 unspecified atom stereocenters. The molecule has 2 aliphatic carbocycles. The molecule has 3 aromatic heterocycles. The third-order valence-electron chi connectivity index (χ3n) is 12.5. The first-order valence-corrected chi connectivity index (χ1v) is 24.0. The fraction of sp³-hybridized carbons (Fsp3) is 0.0545. The highest BCUT2D eigenvalue weighted by Crippen LogP contribution is 2.58. The molecule has 0 spiro atoms. The maximum atomic E-state index is 14.9. The van der Waals surface area contributed by atoms with E-state index in [9.17, 15) is 46.3 Å². The fourth-order valence-electron chi connectivity index (χ4n) is 9.03. The number of carbonyl (C=O) groups is 6. The second-order valence-corrected chi connectivity index (χ2v) is 20.1. The Labute approximate surface area is 409 Å². The summed E-state index contributed by atoms with van der Waals surface area (Å²) in [5.41, 5.74) is -1.86. The van der Waals surface area contributed by atoms with E-state index >= 15 is 0 Å². The number of ether oxygens (including phenoxy) is 3. The Hall–Kier alpha value is -8.18. The van der Waals surface area contributed by atoms with Crippen LogP contribution in [0.4, 0.5) is 17.6 Å². The molecule has 12 rings (SSSR count). The number of fused-ring (bicyclic) bond motifs is 9. The molecule has 0 bridgehead atoms. The summed E-state index contributed by atoms with van der Waals surface area (Å²) in [6.07, 6.45) is 2.74. The molecule has 0 amide bonds. The van der Waals surface area contributed by atoms with Crippen LogP contribution in [-0.2, 0) is 37.9 Å². The number of Topliss-reactive ketones (excluding diaryl/α,β-unsaturated/α-hetero) is 4. The topological polar surface area (TPSA) is 130 Å². The van der Waals surface area contributed by atoms with Crippen LogP contribution in [0.3, 0.4) is 0 Å². The van der Waals surface area contributed by atoms with Gasteiger partial charge >= 0.3 is 17.5 Å². The maximum absolute atomic E-state index is 14.9. The van der Waals surface area contributed by atoms with Gasteiger partial charge in [0.05, 0.1) is 30.3 Å². The first-order chi connectivity index (χ1) is 34.2. The molecule has 9 aromatic rings. The van der Waals surface area contributed by atoms with Crippen LogP contribution in [-0.4, -0.2) is 35.1 Å². The number of esters is 2. The highest BCUT2D eigenvalue weighted by molar-refractivity contribution is 7.32. The van der Waals surface area contributed by atoms with Gasteiger partial charge in [0.2, 0.25) is 0 Å². The molecule has 0 atom stereocenters. The Kier molecular flexibility index (Phi) is 10.2. The molecule has 0 saturated carbocycles. The highest BCUT2D eigenvalue weighted by Gasteiger charge is 2.59. The Bertz CT molecular complexity index is 3800. The lowest BCUT2D eigenvalue weighted by atomic mass is 9.90. The number of halogens is 4. The molecule has 0 saturated heterocycles. The van der Waals surface area contributed by atoms with Crippen LogP contribution >= 0.6 is 34.0 Å². The van der Waals surface area contributed by atoms with Crippen molar-refractivity contribution >= 4 is 112 Å². The van der Waals surface area contributed by atoms with Crippen molar-refractivity contribution < 1.29 is 60.5 Å². The Morgan fingerprint density at radius 2 is 0.915 bits per heavy atom. The standard InChI is InChI=1S/C55H26F4O9S3/c56-40-15-27-11-33-34(12-28(27)16-41(40)57)46(61)37(45(33)60)19-31-21-39-50(69-31)52-49(68-55(39,53(64)66-23-25-7-3-1-4-8-25)54(65)67-24-26-9-5-2-6-10-26)51-44(71-52)22-32(70-51)20-38-47(62)35-13-29-17-42(58)43(59)18-30(29)14-36(35)48(38)63/h1-22H,23-24H2. The van der Waals surface area contributed by atoms with E-state index in [1.807, 2.05) is 0 Å². The second kappa shape index (κ2) is 16.5. The van der Waals surface area contributed by atoms with Gasteiger partial charge in [-0.2, -0.15) is 0 Å². The van der Waals surface area contributed by atoms with Crippen molar-refractivity contribution in [1.82, 2.24) is 0 Å². The van der Waals surface area contributed by atoms with Gasteiger partial charge < -0.3 is 14.2 Å². The lowest BCUT2D eigenvalue weighted by Gasteiger charge is -2.33. The minimum atomic E-state index is -2.64. The molecule has 3 aliphatic rings. The van der Waals surface area contributed by atoms with Crippen molar-refractivity contribution in [3.8, 4) is 15.5 Å². The van der Waals surface area contributed by atoms with Crippen LogP contribution in [0.15, 0.2) is 132 Å². The zero-order chi connectivity index (χ0) is 49.0. The van der Waals surface area contributed by atoms with Gasteiger partial charge in [0.1, 0.15) is 13.2 Å². The lowest BCUT2D eigenvalue weighted by Crippen LogP contribution is -2.52. The summed E-state index contributed by atoms with van der Waals surface area (Å²) in [6, 6.07) is 29.8. The number of ketones is 4. The zero-order valence-electron chi connectivity index (χ0n) is 36.0. The van der Waals surface area contributed by atoms with E-state index in [1.54, 1.807) is 66.7 Å². The summed E-state index contributed by atoms with van der Waals surface area (Å²) in [4.78, 5) is 86.8. The number of carbonyl (C=O) groups excluding carboxylic acids is 6. The second-order valence-electron chi connectivity index (χ2n) is 16.9. The normalized spacial score (nSPS) is 14.4. The minimum Gasteiger partial charge on any atom is -0.457 e. The maximum Gasteiger partial charge on any atom is 0.367 e. The number of rotatable bonds is 8. The van der Waals surface area contributed by atoms with Gasteiger partial charge in [0.25, 0.3) is 0 Å². The molecular formula is C55H26F4O9S3. The van der Waals surface area contributed by atoms with E-state index in [1.165, 1.54) is 53.8 Å². The van der Waals surface area contributed by atoms with Gasteiger partial charge in [0, 0.05) is 37.6 Å². The third-order valence-corrected chi connectivity index (χ3v) is 16.1. The SMILES string of the molecule is O=C1C(=Cc2cc3c(s2)-c2sc4cc(C=C5C(=O)c6cc7cc(F)c(F)cc7cc6C5=O)sc4c2OC3(C(=O)OCc2ccccc2)C(=O)OCc2ccccc2)C(=O)c2cc3cc(F)c(F)cc3cc21. The average molecular weight is 1000 g/mol. The van der Waals surface area contributed by atoms with Crippen molar-refractivity contribution in [3.05, 3.63) is 204 Å². The van der Waals surface area contributed by atoms with Crippen LogP contribution in [0.1, 0.15) is 67.9 Å². The molecular weight excluding hydrogens is 977 g/mol.